The molecule has 1 unspecified atom stereocenters. The van der Waals surface area contributed by atoms with E-state index >= 15 is 0 Å². The van der Waals surface area contributed by atoms with Gasteiger partial charge in [0.1, 0.15) is 11.9 Å². The molecule has 1 fully saturated rings. The molecule has 1 aliphatic heterocycles. The van der Waals surface area contributed by atoms with Gasteiger partial charge in [-0.2, -0.15) is 4.31 Å². The molecule has 2 N–H and O–H groups in total. The first-order chi connectivity index (χ1) is 14.8. The summed E-state index contributed by atoms with van der Waals surface area (Å²) < 4.78 is 40.0. The van der Waals surface area contributed by atoms with E-state index in [4.69, 9.17) is 0 Å². The lowest BCUT2D eigenvalue weighted by Gasteiger charge is -2.31. The highest BCUT2D eigenvalue weighted by atomic mass is 32.2. The van der Waals surface area contributed by atoms with Crippen molar-refractivity contribution in [3.05, 3.63) is 60.2 Å². The van der Waals surface area contributed by atoms with Crippen LogP contribution in [-0.4, -0.2) is 48.7 Å². The van der Waals surface area contributed by atoms with Crippen LogP contribution in [0.25, 0.3) is 0 Å². The van der Waals surface area contributed by atoms with Gasteiger partial charge in [-0.3, -0.25) is 14.6 Å². The van der Waals surface area contributed by atoms with Crippen LogP contribution in [0, 0.1) is 11.7 Å². The molecule has 0 spiro atoms. The zero-order valence-corrected chi connectivity index (χ0v) is 17.9. The van der Waals surface area contributed by atoms with Crippen LogP contribution in [-0.2, 0) is 26.2 Å². The van der Waals surface area contributed by atoms with E-state index in [1.54, 1.807) is 31.5 Å². The molecule has 3 rings (SSSR count). The standard InChI is InChI=1S/C21H25FN4O4S/c1-15(20(27)24-13-16-8-10-23-11-9-16)25-21(28)17-3-2-12-26(14-17)31(29,30)19-6-4-18(22)5-7-19/h4-11,15,17H,2-3,12-14H2,1H3,(H,24,27)(H,25,28)/t15-,17?/m1/s1. The van der Waals surface area contributed by atoms with Crippen molar-refractivity contribution in [2.75, 3.05) is 13.1 Å². The molecule has 2 aromatic rings. The van der Waals surface area contributed by atoms with E-state index in [1.165, 1.54) is 16.4 Å². The molecule has 10 heteroatoms. The molecule has 8 nitrogen and oxygen atoms in total. The first-order valence-corrected chi connectivity index (χ1v) is 11.4. The number of carbonyl (C=O) groups excluding carboxylic acids is 2. The van der Waals surface area contributed by atoms with Crippen molar-refractivity contribution in [1.29, 1.82) is 0 Å². The number of amides is 2. The van der Waals surface area contributed by atoms with Crippen molar-refractivity contribution in [2.24, 2.45) is 5.92 Å². The van der Waals surface area contributed by atoms with E-state index in [9.17, 15) is 22.4 Å². The number of benzene rings is 1. The minimum atomic E-state index is -3.83. The molecule has 2 atom stereocenters. The maximum Gasteiger partial charge on any atom is 0.243 e. The maximum atomic E-state index is 13.1. The Morgan fingerprint density at radius 1 is 1.19 bits per heavy atom. The Hall–Kier alpha value is -2.85. The van der Waals surface area contributed by atoms with Crippen LogP contribution in [0.1, 0.15) is 25.3 Å². The Morgan fingerprint density at radius 2 is 1.87 bits per heavy atom. The molecule has 0 aliphatic carbocycles. The van der Waals surface area contributed by atoms with Gasteiger partial charge in [-0.05, 0) is 61.7 Å². The van der Waals surface area contributed by atoms with Gasteiger partial charge in [0.05, 0.1) is 10.8 Å². The van der Waals surface area contributed by atoms with Gasteiger partial charge < -0.3 is 10.6 Å². The number of nitrogens with zero attached hydrogens (tertiary/aromatic N) is 2. The molecule has 1 aromatic carbocycles. The number of halogens is 1. The molecule has 2 heterocycles. The molecule has 1 saturated heterocycles. The molecule has 2 amide bonds. The fraction of sp³-hybridized carbons (Fsp3) is 0.381. The smallest absolute Gasteiger partial charge is 0.243 e. The third-order valence-corrected chi connectivity index (χ3v) is 7.05. The van der Waals surface area contributed by atoms with Gasteiger partial charge in [0.25, 0.3) is 0 Å². The number of aromatic nitrogens is 1. The molecule has 1 aromatic heterocycles. The van der Waals surface area contributed by atoms with Gasteiger partial charge in [-0.15, -0.1) is 0 Å². The lowest BCUT2D eigenvalue weighted by molar-refractivity contribution is -0.131. The van der Waals surface area contributed by atoms with Gasteiger partial charge in [-0.25, -0.2) is 12.8 Å². The molecule has 0 bridgehead atoms. The second-order valence-electron chi connectivity index (χ2n) is 7.46. The predicted molar refractivity (Wildman–Crippen MR) is 112 cm³/mol. The second-order valence-corrected chi connectivity index (χ2v) is 9.40. The quantitative estimate of drug-likeness (QED) is 0.666. The predicted octanol–water partition coefficient (Wildman–Crippen LogP) is 1.44. The van der Waals surface area contributed by atoms with Crippen LogP contribution >= 0.6 is 0 Å². The van der Waals surface area contributed by atoms with Crippen molar-refractivity contribution in [1.82, 2.24) is 19.9 Å². The van der Waals surface area contributed by atoms with Gasteiger partial charge in [-0.1, -0.05) is 0 Å². The number of sulfonamides is 1. The van der Waals surface area contributed by atoms with Crippen molar-refractivity contribution < 1.29 is 22.4 Å². The summed E-state index contributed by atoms with van der Waals surface area (Å²) in [6.07, 6.45) is 4.29. The second kappa shape index (κ2) is 9.97. The third-order valence-electron chi connectivity index (χ3n) is 5.17. The van der Waals surface area contributed by atoms with Crippen molar-refractivity contribution >= 4 is 21.8 Å². The summed E-state index contributed by atoms with van der Waals surface area (Å²) in [4.78, 5) is 28.9. The zero-order valence-electron chi connectivity index (χ0n) is 17.1. The van der Waals surface area contributed by atoms with Crippen LogP contribution < -0.4 is 10.6 Å². The summed E-state index contributed by atoms with van der Waals surface area (Å²) in [7, 11) is -3.83. The van der Waals surface area contributed by atoms with Crippen molar-refractivity contribution in [3.8, 4) is 0 Å². The van der Waals surface area contributed by atoms with E-state index in [-0.39, 0.29) is 29.8 Å². The molecule has 0 radical (unpaired) electrons. The number of nitrogens with one attached hydrogen (secondary N) is 2. The molecule has 1 aliphatic rings. The average molecular weight is 449 g/mol. The van der Waals surface area contributed by atoms with Crippen LogP contribution in [0.5, 0.6) is 0 Å². The van der Waals surface area contributed by atoms with Gasteiger partial charge >= 0.3 is 0 Å². The van der Waals surface area contributed by atoms with Crippen molar-refractivity contribution in [2.45, 2.75) is 37.2 Å². The van der Waals surface area contributed by atoms with Crippen LogP contribution in [0.2, 0.25) is 0 Å². The SMILES string of the molecule is C[C@@H](NC(=O)C1CCCN(S(=O)(=O)c2ccc(F)cc2)C1)C(=O)NCc1ccncc1. The van der Waals surface area contributed by atoms with Gasteiger partial charge in [0, 0.05) is 32.0 Å². The number of carbonyl (C=O) groups is 2. The van der Waals surface area contributed by atoms with E-state index in [1.807, 2.05) is 0 Å². The van der Waals surface area contributed by atoms with Crippen LogP contribution in [0.15, 0.2) is 53.7 Å². The first-order valence-electron chi connectivity index (χ1n) is 10.00. The highest BCUT2D eigenvalue weighted by molar-refractivity contribution is 7.89. The third kappa shape index (κ3) is 5.86. The van der Waals surface area contributed by atoms with E-state index in [0.29, 0.717) is 19.4 Å². The molecule has 0 saturated carbocycles. The Balaban J connectivity index is 1.56. The molecule has 31 heavy (non-hydrogen) atoms. The average Bonchev–Trinajstić information content (AvgIpc) is 2.78. The Morgan fingerprint density at radius 3 is 2.55 bits per heavy atom. The fourth-order valence-electron chi connectivity index (χ4n) is 3.37. The number of hydrogen-bond donors (Lipinski definition) is 2. The van der Waals surface area contributed by atoms with Crippen LogP contribution in [0.4, 0.5) is 4.39 Å². The minimum Gasteiger partial charge on any atom is -0.350 e. The summed E-state index contributed by atoms with van der Waals surface area (Å²) in [5.41, 5.74) is 0.885. The summed E-state index contributed by atoms with van der Waals surface area (Å²) in [6.45, 7) is 2.19. The molecule has 166 valence electrons. The highest BCUT2D eigenvalue weighted by Crippen LogP contribution is 2.24. The summed E-state index contributed by atoms with van der Waals surface area (Å²) in [5.74, 6) is -1.80. The van der Waals surface area contributed by atoms with Crippen molar-refractivity contribution in [3.63, 3.8) is 0 Å². The number of pyridine rings is 1. The van der Waals surface area contributed by atoms with Crippen LogP contribution in [0.3, 0.4) is 0 Å². The normalized spacial score (nSPS) is 18.2. The Kier molecular flexibility index (Phi) is 7.34. The molecular weight excluding hydrogens is 423 g/mol. The van der Waals surface area contributed by atoms with E-state index in [2.05, 4.69) is 15.6 Å². The first kappa shape index (κ1) is 22.8. The van der Waals surface area contributed by atoms with Gasteiger partial charge in [0.15, 0.2) is 0 Å². The van der Waals surface area contributed by atoms with E-state index in [0.717, 1.165) is 17.7 Å². The fourth-order valence-corrected chi connectivity index (χ4v) is 4.89. The Labute approximate surface area is 180 Å². The topological polar surface area (TPSA) is 108 Å². The number of hydrogen-bond acceptors (Lipinski definition) is 5. The van der Waals surface area contributed by atoms with E-state index < -0.39 is 27.8 Å². The highest BCUT2D eigenvalue weighted by Gasteiger charge is 2.34. The number of piperidine rings is 1. The Bertz CT molecular complexity index is 1020. The monoisotopic (exact) mass is 448 g/mol. The largest absolute Gasteiger partial charge is 0.350 e. The lowest BCUT2D eigenvalue weighted by atomic mass is 9.98. The number of rotatable bonds is 7. The minimum absolute atomic E-state index is 0.0108. The summed E-state index contributed by atoms with van der Waals surface area (Å²) in [6, 6.07) is 7.40. The lowest BCUT2D eigenvalue weighted by Crippen LogP contribution is -2.50. The molecular formula is C21H25FN4O4S. The summed E-state index contributed by atoms with van der Waals surface area (Å²) >= 11 is 0. The maximum absolute atomic E-state index is 13.1. The van der Waals surface area contributed by atoms with Gasteiger partial charge in [0.2, 0.25) is 21.8 Å². The zero-order chi connectivity index (χ0) is 22.4. The summed E-state index contributed by atoms with van der Waals surface area (Å²) in [5, 5.41) is 5.42.